The van der Waals surface area contributed by atoms with Crippen LogP contribution in [0.2, 0.25) is 0 Å². The van der Waals surface area contributed by atoms with Crippen LogP contribution in [0.25, 0.3) is 21.3 Å². The van der Waals surface area contributed by atoms with Gasteiger partial charge in [-0.1, -0.05) is 38.1 Å². The van der Waals surface area contributed by atoms with E-state index in [4.69, 9.17) is 0 Å². The molecule has 11 heteroatoms. The van der Waals surface area contributed by atoms with E-state index in [-0.39, 0.29) is 10.8 Å². The van der Waals surface area contributed by atoms with Crippen LogP contribution < -0.4 is 10.0 Å². The van der Waals surface area contributed by atoms with Crippen molar-refractivity contribution in [2.75, 3.05) is 5.32 Å². The number of amides is 1. The molecule has 0 fully saturated rings. The summed E-state index contributed by atoms with van der Waals surface area (Å²) in [5.41, 5.74) is 4.05. The van der Waals surface area contributed by atoms with Gasteiger partial charge in [0, 0.05) is 18.1 Å². The van der Waals surface area contributed by atoms with E-state index in [1.165, 1.54) is 23.5 Å². The molecule has 1 amide bonds. The smallest absolute Gasteiger partial charge is 0.322 e. The number of nitrogens with zero attached hydrogens (tertiary/aromatic N) is 2. The lowest BCUT2D eigenvalue weighted by Crippen LogP contribution is -2.44. The molecule has 0 aliphatic rings. The molecule has 37 heavy (non-hydrogen) atoms. The van der Waals surface area contributed by atoms with Gasteiger partial charge in [0.25, 0.3) is 5.91 Å². The topological polar surface area (TPSA) is 130 Å². The van der Waals surface area contributed by atoms with E-state index in [1.807, 2.05) is 33.0 Å². The van der Waals surface area contributed by atoms with Crippen LogP contribution >= 0.6 is 11.3 Å². The SMILES string of the molecule is Cc1nn(C)c2sc(C(=O)Nc3ccc(-c4ccc(S(=O)(=O)N[C@H](C(=O)O)C(C)C)cc4)cc3)c(C)c12. The lowest BCUT2D eigenvalue weighted by Gasteiger charge is -2.18. The molecule has 2 aromatic heterocycles. The fourth-order valence-corrected chi connectivity index (χ4v) is 6.66. The number of benzene rings is 2. The first kappa shape index (κ1) is 26.5. The number of rotatable bonds is 8. The maximum Gasteiger partial charge on any atom is 0.322 e. The standard InChI is InChI=1S/C26H28N4O5S2/c1-14(2)22(26(32)33)29-37(34,35)20-12-8-18(9-13-20)17-6-10-19(11-7-17)27-24(31)23-15(3)21-16(4)28-30(5)25(21)36-23/h6-14,22,29H,1-5H3,(H,27,31)(H,32,33)/t22-/m0/s1. The Morgan fingerprint density at radius 2 is 1.57 bits per heavy atom. The van der Waals surface area contributed by atoms with E-state index in [9.17, 15) is 23.1 Å². The van der Waals surface area contributed by atoms with Gasteiger partial charge in [-0.05, 0) is 60.7 Å². The highest BCUT2D eigenvalue weighted by Crippen LogP contribution is 2.33. The first-order chi connectivity index (χ1) is 17.4. The Morgan fingerprint density at radius 1 is 1.00 bits per heavy atom. The average molecular weight is 541 g/mol. The molecule has 0 radical (unpaired) electrons. The van der Waals surface area contributed by atoms with Crippen molar-refractivity contribution in [1.82, 2.24) is 14.5 Å². The number of anilines is 1. The number of aliphatic carboxylic acids is 1. The molecule has 2 aromatic carbocycles. The third-order valence-electron chi connectivity index (χ3n) is 6.15. The van der Waals surface area contributed by atoms with Crippen LogP contribution in [-0.4, -0.2) is 41.2 Å². The van der Waals surface area contributed by atoms with Crippen LogP contribution in [0.1, 0.15) is 34.8 Å². The number of hydrogen-bond acceptors (Lipinski definition) is 6. The van der Waals surface area contributed by atoms with E-state index < -0.39 is 28.0 Å². The summed E-state index contributed by atoms with van der Waals surface area (Å²) in [6, 6.07) is 12.2. The lowest BCUT2D eigenvalue weighted by molar-refractivity contribution is -0.140. The van der Waals surface area contributed by atoms with E-state index >= 15 is 0 Å². The molecular formula is C26H28N4O5S2. The van der Waals surface area contributed by atoms with Gasteiger partial charge in [-0.15, -0.1) is 11.3 Å². The number of carbonyl (C=O) groups excluding carboxylic acids is 1. The predicted molar refractivity (Wildman–Crippen MR) is 144 cm³/mol. The van der Waals surface area contributed by atoms with Crippen molar-refractivity contribution in [1.29, 1.82) is 0 Å². The van der Waals surface area contributed by atoms with Gasteiger partial charge < -0.3 is 10.4 Å². The summed E-state index contributed by atoms with van der Waals surface area (Å²) in [5, 5.41) is 17.7. The summed E-state index contributed by atoms with van der Waals surface area (Å²) < 4.78 is 29.3. The second-order valence-corrected chi connectivity index (χ2v) is 11.9. The Balaban J connectivity index is 1.48. The molecule has 0 aliphatic heterocycles. The molecule has 4 rings (SSSR count). The Hall–Kier alpha value is -3.54. The molecule has 4 aromatic rings. The molecule has 3 N–H and O–H groups in total. The average Bonchev–Trinajstić information content (AvgIpc) is 3.34. The van der Waals surface area contributed by atoms with Gasteiger partial charge in [-0.3, -0.25) is 14.3 Å². The molecule has 0 unspecified atom stereocenters. The fourth-order valence-electron chi connectivity index (χ4n) is 4.16. The highest BCUT2D eigenvalue weighted by Gasteiger charge is 2.28. The minimum absolute atomic E-state index is 0.0174. The molecule has 0 bridgehead atoms. The first-order valence-corrected chi connectivity index (χ1v) is 13.9. The number of carbonyl (C=O) groups is 2. The van der Waals surface area contributed by atoms with Gasteiger partial charge in [0.15, 0.2) is 0 Å². The van der Waals surface area contributed by atoms with Crippen LogP contribution in [0.5, 0.6) is 0 Å². The highest BCUT2D eigenvalue weighted by atomic mass is 32.2. The van der Waals surface area contributed by atoms with Crippen molar-refractivity contribution < 1.29 is 23.1 Å². The Morgan fingerprint density at radius 3 is 2.08 bits per heavy atom. The summed E-state index contributed by atoms with van der Waals surface area (Å²) in [4.78, 5) is 25.9. The zero-order valence-electron chi connectivity index (χ0n) is 21.1. The van der Waals surface area contributed by atoms with Gasteiger partial charge in [0.05, 0.1) is 15.5 Å². The second kappa shape index (κ2) is 10.1. The van der Waals surface area contributed by atoms with Crippen LogP contribution in [0, 0.1) is 19.8 Å². The zero-order valence-corrected chi connectivity index (χ0v) is 22.7. The van der Waals surface area contributed by atoms with Gasteiger partial charge in [-0.25, -0.2) is 8.42 Å². The van der Waals surface area contributed by atoms with Gasteiger partial charge in [-0.2, -0.15) is 9.82 Å². The van der Waals surface area contributed by atoms with E-state index in [0.29, 0.717) is 10.6 Å². The van der Waals surface area contributed by atoms with Crippen LogP contribution in [0.4, 0.5) is 5.69 Å². The zero-order chi connectivity index (χ0) is 27.1. The van der Waals surface area contributed by atoms with Crippen molar-refractivity contribution in [3.8, 4) is 11.1 Å². The molecule has 0 saturated carbocycles. The second-order valence-electron chi connectivity index (χ2n) is 9.18. The third-order valence-corrected chi connectivity index (χ3v) is 8.96. The Kier molecular flexibility index (Phi) is 7.22. The Bertz CT molecular complexity index is 1580. The maximum atomic E-state index is 12.9. The van der Waals surface area contributed by atoms with E-state index in [0.717, 1.165) is 32.6 Å². The number of sulfonamides is 1. The largest absolute Gasteiger partial charge is 0.480 e. The van der Waals surface area contributed by atoms with Crippen molar-refractivity contribution >= 4 is 49.1 Å². The molecule has 0 spiro atoms. The molecule has 0 aliphatic carbocycles. The third kappa shape index (κ3) is 5.29. The lowest BCUT2D eigenvalue weighted by atomic mass is 10.1. The molecule has 9 nitrogen and oxygen atoms in total. The molecule has 0 saturated heterocycles. The number of fused-ring (bicyclic) bond motifs is 1. The summed E-state index contributed by atoms with van der Waals surface area (Å²) in [5.74, 6) is -1.82. The number of carboxylic acids is 1. The fraction of sp³-hybridized carbons (Fsp3) is 0.269. The van der Waals surface area contributed by atoms with Gasteiger partial charge in [0.1, 0.15) is 10.9 Å². The number of hydrogen-bond donors (Lipinski definition) is 3. The molecule has 1 atom stereocenters. The molecule has 194 valence electrons. The van der Waals surface area contributed by atoms with Gasteiger partial charge in [0.2, 0.25) is 10.0 Å². The number of aromatic nitrogens is 2. The van der Waals surface area contributed by atoms with Crippen molar-refractivity contribution in [3.05, 3.63) is 64.7 Å². The predicted octanol–water partition coefficient (Wildman–Crippen LogP) is 4.56. The first-order valence-electron chi connectivity index (χ1n) is 11.6. The molecule has 2 heterocycles. The van der Waals surface area contributed by atoms with Gasteiger partial charge >= 0.3 is 5.97 Å². The summed E-state index contributed by atoms with van der Waals surface area (Å²) >= 11 is 1.41. The quantitative estimate of drug-likeness (QED) is 0.300. The maximum absolute atomic E-state index is 12.9. The minimum atomic E-state index is -3.99. The van der Waals surface area contributed by atoms with E-state index in [1.54, 1.807) is 42.8 Å². The van der Waals surface area contributed by atoms with Crippen LogP contribution in [-0.2, 0) is 21.9 Å². The monoisotopic (exact) mass is 540 g/mol. The van der Waals surface area contributed by atoms with Crippen molar-refractivity contribution in [2.24, 2.45) is 13.0 Å². The number of thiophene rings is 1. The number of nitrogens with one attached hydrogen (secondary N) is 2. The summed E-state index contributed by atoms with van der Waals surface area (Å²) in [6.45, 7) is 7.13. The number of carboxylic acid groups (broad SMARTS) is 1. The Labute approximate surface area is 219 Å². The van der Waals surface area contributed by atoms with Crippen LogP contribution in [0.3, 0.4) is 0 Å². The molecular weight excluding hydrogens is 512 g/mol. The van der Waals surface area contributed by atoms with Crippen molar-refractivity contribution in [2.45, 2.75) is 38.6 Å². The summed E-state index contributed by atoms with van der Waals surface area (Å²) in [6.07, 6.45) is 0. The minimum Gasteiger partial charge on any atom is -0.480 e. The number of aryl methyl sites for hydroxylation is 3. The highest BCUT2D eigenvalue weighted by molar-refractivity contribution is 7.89. The van der Waals surface area contributed by atoms with Crippen LogP contribution in [0.15, 0.2) is 53.4 Å². The van der Waals surface area contributed by atoms with E-state index in [2.05, 4.69) is 15.1 Å². The van der Waals surface area contributed by atoms with Crippen molar-refractivity contribution in [3.63, 3.8) is 0 Å². The normalized spacial score (nSPS) is 12.7. The summed E-state index contributed by atoms with van der Waals surface area (Å²) in [7, 11) is -2.13.